The number of ether oxygens (including phenoxy) is 1. The first-order valence-corrected chi connectivity index (χ1v) is 13.0. The van der Waals surface area contributed by atoms with E-state index in [0.717, 1.165) is 17.4 Å². The van der Waals surface area contributed by atoms with E-state index in [0.29, 0.717) is 49.5 Å². The minimum absolute atomic E-state index is 0.0995. The number of carbonyl (C=O) groups excluding carboxylic acids is 3. The Balaban J connectivity index is 1.17. The number of likely N-dealkylation sites (tertiary alicyclic amines) is 1. The second kappa shape index (κ2) is 10.2. The van der Waals surface area contributed by atoms with Crippen molar-refractivity contribution < 1.29 is 23.5 Å². The van der Waals surface area contributed by atoms with E-state index < -0.39 is 11.1 Å². The van der Waals surface area contributed by atoms with Gasteiger partial charge in [0.2, 0.25) is 11.8 Å². The molecule has 0 aliphatic carbocycles. The van der Waals surface area contributed by atoms with Crippen LogP contribution in [0.2, 0.25) is 0 Å². The Morgan fingerprint density at radius 2 is 1.89 bits per heavy atom. The van der Waals surface area contributed by atoms with E-state index in [1.54, 1.807) is 30.5 Å². The van der Waals surface area contributed by atoms with Crippen LogP contribution in [0.15, 0.2) is 64.1 Å². The number of carbonyl (C=O) groups is 3. The SMILES string of the molecule is O=C1NC(=O)/C(=C\c2cc(OCc3ccco3)nc(N3CC4CN(C(=O)Nc5ccccc5)CC4C3)n2)S1. The van der Waals surface area contributed by atoms with Crippen LogP contribution in [0.4, 0.5) is 21.2 Å². The molecule has 4 amide bonds. The Morgan fingerprint density at radius 1 is 1.11 bits per heavy atom. The number of rotatable bonds is 6. The number of nitrogens with one attached hydrogen (secondary N) is 2. The van der Waals surface area contributed by atoms with E-state index in [-0.39, 0.29) is 29.4 Å². The summed E-state index contributed by atoms with van der Waals surface area (Å²) in [6.07, 6.45) is 3.13. The molecule has 0 bridgehead atoms. The molecule has 3 aliphatic rings. The molecule has 0 radical (unpaired) electrons. The van der Waals surface area contributed by atoms with Gasteiger partial charge in [-0.15, -0.1) is 0 Å². The molecule has 6 rings (SSSR count). The third kappa shape index (κ3) is 5.21. The van der Waals surface area contributed by atoms with Crippen LogP contribution >= 0.6 is 11.8 Å². The fourth-order valence-corrected chi connectivity index (χ4v) is 5.53. The summed E-state index contributed by atoms with van der Waals surface area (Å²) in [6, 6.07) is 14.5. The van der Waals surface area contributed by atoms with E-state index in [1.165, 1.54) is 0 Å². The van der Waals surface area contributed by atoms with Crippen molar-refractivity contribution in [2.75, 3.05) is 36.4 Å². The molecule has 11 nitrogen and oxygen atoms in total. The summed E-state index contributed by atoms with van der Waals surface area (Å²) in [7, 11) is 0. The molecule has 3 aliphatic heterocycles. The summed E-state index contributed by atoms with van der Waals surface area (Å²) in [4.78, 5) is 49.9. The number of hydrogen-bond donors (Lipinski definition) is 2. The molecule has 2 aromatic heterocycles. The molecule has 1 aromatic carbocycles. The summed E-state index contributed by atoms with van der Waals surface area (Å²) in [6.45, 7) is 2.84. The van der Waals surface area contributed by atoms with Crippen molar-refractivity contribution in [1.29, 1.82) is 0 Å². The number of imide groups is 1. The summed E-state index contributed by atoms with van der Waals surface area (Å²) >= 11 is 0.829. The van der Waals surface area contributed by atoms with E-state index in [1.807, 2.05) is 35.2 Å². The number of thioether (sulfide) groups is 1. The van der Waals surface area contributed by atoms with E-state index in [4.69, 9.17) is 9.15 Å². The first-order chi connectivity index (χ1) is 18.5. The quantitative estimate of drug-likeness (QED) is 0.458. The molecule has 0 spiro atoms. The second-order valence-electron chi connectivity index (χ2n) is 9.28. The number of benzene rings is 1. The zero-order valence-electron chi connectivity index (χ0n) is 20.2. The predicted molar refractivity (Wildman–Crippen MR) is 140 cm³/mol. The standard InChI is InChI=1S/C26H24N6O5S/c33-23-21(38-26(35)30-23)9-19-10-22(37-15-20-7-4-8-36-20)29-24(27-19)31-11-16-13-32(14-17(16)12-31)25(34)28-18-5-2-1-3-6-18/h1-10,16-17H,11-15H2,(H,28,34)(H,30,33,35)/b21-9+. The molecule has 2 unspecified atom stereocenters. The smallest absolute Gasteiger partial charge is 0.321 e. The molecule has 12 heteroatoms. The number of para-hydroxylation sites is 1. The summed E-state index contributed by atoms with van der Waals surface area (Å²) in [5.41, 5.74) is 1.23. The second-order valence-corrected chi connectivity index (χ2v) is 10.3. The highest BCUT2D eigenvalue weighted by atomic mass is 32.2. The molecule has 3 fully saturated rings. The van der Waals surface area contributed by atoms with Crippen molar-refractivity contribution >= 4 is 46.7 Å². The number of furan rings is 1. The Kier molecular flexibility index (Phi) is 6.46. The Labute approximate surface area is 222 Å². The number of amides is 4. The van der Waals surface area contributed by atoms with Crippen LogP contribution < -0.4 is 20.3 Å². The van der Waals surface area contributed by atoms with Crippen molar-refractivity contribution in [2.45, 2.75) is 6.61 Å². The number of nitrogens with zero attached hydrogens (tertiary/aromatic N) is 4. The highest BCUT2D eigenvalue weighted by Gasteiger charge is 2.42. The molecule has 0 saturated carbocycles. The Bertz CT molecular complexity index is 1380. The molecule has 3 saturated heterocycles. The molecule has 3 aromatic rings. The Hall–Kier alpha value is -4.32. The van der Waals surface area contributed by atoms with Crippen LogP contribution in [0, 0.1) is 11.8 Å². The average molecular weight is 533 g/mol. The van der Waals surface area contributed by atoms with Crippen LogP contribution in [0.5, 0.6) is 5.88 Å². The van der Waals surface area contributed by atoms with Crippen LogP contribution in [0.1, 0.15) is 11.5 Å². The van der Waals surface area contributed by atoms with Gasteiger partial charge in [0.05, 0.1) is 16.9 Å². The molecular weight excluding hydrogens is 508 g/mol. The minimum Gasteiger partial charge on any atom is -0.469 e. The summed E-state index contributed by atoms with van der Waals surface area (Å²) in [5.74, 6) is 1.55. The predicted octanol–water partition coefficient (Wildman–Crippen LogP) is 3.57. The normalized spacial score (nSPS) is 21.6. The summed E-state index contributed by atoms with van der Waals surface area (Å²) < 4.78 is 11.2. The molecule has 194 valence electrons. The lowest BCUT2D eigenvalue weighted by Crippen LogP contribution is -2.36. The van der Waals surface area contributed by atoms with Crippen molar-refractivity contribution in [3.8, 4) is 5.88 Å². The van der Waals surface area contributed by atoms with Gasteiger partial charge in [0.15, 0.2) is 0 Å². The highest BCUT2D eigenvalue weighted by molar-refractivity contribution is 8.18. The average Bonchev–Trinajstić information content (AvgIpc) is 3.68. The lowest BCUT2D eigenvalue weighted by molar-refractivity contribution is -0.115. The lowest BCUT2D eigenvalue weighted by atomic mass is 10.0. The third-order valence-electron chi connectivity index (χ3n) is 6.66. The maximum Gasteiger partial charge on any atom is 0.321 e. The Morgan fingerprint density at radius 3 is 2.58 bits per heavy atom. The van der Waals surface area contributed by atoms with Gasteiger partial charge in [-0.2, -0.15) is 4.98 Å². The first kappa shape index (κ1) is 24.0. The van der Waals surface area contributed by atoms with E-state index in [2.05, 4.69) is 25.5 Å². The molecule has 2 N–H and O–H groups in total. The van der Waals surface area contributed by atoms with Crippen LogP contribution in [-0.2, 0) is 11.4 Å². The van der Waals surface area contributed by atoms with Crippen LogP contribution in [-0.4, -0.2) is 58.2 Å². The van der Waals surface area contributed by atoms with Crippen molar-refractivity contribution in [1.82, 2.24) is 20.2 Å². The third-order valence-corrected chi connectivity index (χ3v) is 7.47. The van der Waals surface area contributed by atoms with Gasteiger partial charge in [-0.3, -0.25) is 14.9 Å². The maximum absolute atomic E-state index is 12.8. The van der Waals surface area contributed by atoms with Gasteiger partial charge in [-0.1, -0.05) is 18.2 Å². The first-order valence-electron chi connectivity index (χ1n) is 12.2. The van der Waals surface area contributed by atoms with Crippen molar-refractivity contribution in [3.05, 3.63) is 71.2 Å². The summed E-state index contributed by atoms with van der Waals surface area (Å²) in [5, 5.41) is 4.79. The lowest BCUT2D eigenvalue weighted by Gasteiger charge is -2.22. The molecular formula is C26H24N6O5S. The zero-order valence-corrected chi connectivity index (χ0v) is 21.0. The monoisotopic (exact) mass is 532 g/mol. The maximum atomic E-state index is 12.8. The fraction of sp³-hybridized carbons (Fsp3) is 0.269. The van der Waals surface area contributed by atoms with Gasteiger partial charge in [0.1, 0.15) is 12.4 Å². The number of fused-ring (bicyclic) bond motifs is 1. The van der Waals surface area contributed by atoms with Gasteiger partial charge in [-0.25, -0.2) is 9.78 Å². The van der Waals surface area contributed by atoms with Crippen molar-refractivity contribution in [2.24, 2.45) is 11.8 Å². The minimum atomic E-state index is -0.456. The van der Waals surface area contributed by atoms with Gasteiger partial charge < -0.3 is 24.3 Å². The van der Waals surface area contributed by atoms with Crippen molar-refractivity contribution in [3.63, 3.8) is 0 Å². The van der Waals surface area contributed by atoms with Gasteiger partial charge in [0.25, 0.3) is 11.1 Å². The topological polar surface area (TPSA) is 130 Å². The van der Waals surface area contributed by atoms with Gasteiger partial charge in [-0.05, 0) is 42.1 Å². The van der Waals surface area contributed by atoms with Gasteiger partial charge >= 0.3 is 6.03 Å². The largest absolute Gasteiger partial charge is 0.469 e. The van der Waals surface area contributed by atoms with Crippen LogP contribution in [0.3, 0.4) is 0 Å². The number of urea groups is 1. The molecule has 2 atom stereocenters. The van der Waals surface area contributed by atoms with Gasteiger partial charge in [0, 0.05) is 49.8 Å². The number of hydrogen-bond acceptors (Lipinski definition) is 9. The van der Waals surface area contributed by atoms with Crippen LogP contribution in [0.25, 0.3) is 6.08 Å². The molecule has 38 heavy (non-hydrogen) atoms. The number of anilines is 2. The van der Waals surface area contributed by atoms with E-state index >= 15 is 0 Å². The highest BCUT2D eigenvalue weighted by Crippen LogP contribution is 2.34. The van der Waals surface area contributed by atoms with E-state index in [9.17, 15) is 14.4 Å². The zero-order chi connectivity index (χ0) is 26.1. The fourth-order valence-electron chi connectivity index (χ4n) is 4.86. The number of aromatic nitrogens is 2. The molecule has 5 heterocycles.